The largest absolute Gasteiger partial charge is 0.481 e. The van der Waals surface area contributed by atoms with Gasteiger partial charge in [-0.1, -0.05) is 62.1 Å². The van der Waals surface area contributed by atoms with E-state index in [4.69, 9.17) is 11.6 Å². The first-order chi connectivity index (χ1) is 14.5. The van der Waals surface area contributed by atoms with Crippen LogP contribution < -0.4 is 4.72 Å². The number of carbonyl (C=O) groups is 1. The highest BCUT2D eigenvalue weighted by molar-refractivity contribution is 7.89. The van der Waals surface area contributed by atoms with Gasteiger partial charge in [-0.3, -0.25) is 4.79 Å². The molecule has 0 spiro atoms. The Labute approximate surface area is 190 Å². The second-order valence-corrected chi connectivity index (χ2v) is 10.7. The first-order valence-corrected chi connectivity index (χ1v) is 12.5. The summed E-state index contributed by atoms with van der Waals surface area (Å²) in [6.45, 7) is 5.55. The summed E-state index contributed by atoms with van der Waals surface area (Å²) in [6.07, 6.45) is 4.88. The standard InChI is InChI=1S/C24H32ClNO4S/c1-4-5-6-7-22(26-31(29,30)21-14-12-20(25)13-15-21)19-10-8-18(9-11-19)16-17-24(2,3)23(27)28/h8-15,22,26H,4-7,16-17H2,1-3H3,(H,27,28). The molecule has 2 aromatic rings. The molecule has 0 aliphatic carbocycles. The molecule has 1 atom stereocenters. The van der Waals surface area contributed by atoms with Crippen LogP contribution in [-0.4, -0.2) is 19.5 Å². The fourth-order valence-corrected chi connectivity index (χ4v) is 4.63. The zero-order valence-corrected chi connectivity index (χ0v) is 20.0. The molecule has 0 amide bonds. The number of aryl methyl sites for hydroxylation is 1. The van der Waals surface area contributed by atoms with Crippen molar-refractivity contribution in [2.75, 3.05) is 0 Å². The predicted molar refractivity (Wildman–Crippen MR) is 125 cm³/mol. The molecule has 0 aromatic heterocycles. The summed E-state index contributed by atoms with van der Waals surface area (Å²) in [7, 11) is -3.68. The lowest BCUT2D eigenvalue weighted by atomic mass is 9.86. The van der Waals surface area contributed by atoms with Gasteiger partial charge in [0.1, 0.15) is 0 Å². The molecule has 31 heavy (non-hydrogen) atoms. The number of hydrogen-bond donors (Lipinski definition) is 2. The summed E-state index contributed by atoms with van der Waals surface area (Å²) in [5.74, 6) is -0.809. The fourth-order valence-electron chi connectivity index (χ4n) is 3.24. The Kier molecular flexibility index (Phi) is 9.10. The molecule has 0 radical (unpaired) electrons. The Morgan fingerprint density at radius 3 is 2.23 bits per heavy atom. The quantitative estimate of drug-likeness (QED) is 0.377. The van der Waals surface area contributed by atoms with Crippen LogP contribution in [-0.2, 0) is 21.2 Å². The minimum atomic E-state index is -3.68. The predicted octanol–water partition coefficient (Wildman–Crippen LogP) is 5.98. The number of aliphatic carboxylic acids is 1. The number of halogens is 1. The number of rotatable bonds is 12. The zero-order valence-electron chi connectivity index (χ0n) is 18.4. The Bertz CT molecular complexity index is 954. The van der Waals surface area contributed by atoms with E-state index in [1.807, 2.05) is 24.3 Å². The normalized spacial score (nSPS) is 13.2. The number of benzene rings is 2. The van der Waals surface area contributed by atoms with Gasteiger partial charge in [0.2, 0.25) is 10.0 Å². The second kappa shape index (κ2) is 11.1. The van der Waals surface area contributed by atoms with E-state index < -0.39 is 21.4 Å². The van der Waals surface area contributed by atoms with Crippen molar-refractivity contribution in [1.29, 1.82) is 0 Å². The summed E-state index contributed by atoms with van der Waals surface area (Å²) in [4.78, 5) is 11.5. The van der Waals surface area contributed by atoms with E-state index >= 15 is 0 Å². The summed E-state index contributed by atoms with van der Waals surface area (Å²) >= 11 is 5.89. The van der Waals surface area contributed by atoms with Gasteiger partial charge in [0.25, 0.3) is 0 Å². The van der Waals surface area contributed by atoms with Gasteiger partial charge in [-0.25, -0.2) is 13.1 Å². The maximum Gasteiger partial charge on any atom is 0.309 e. The van der Waals surface area contributed by atoms with E-state index in [0.29, 0.717) is 24.3 Å². The Morgan fingerprint density at radius 1 is 1.06 bits per heavy atom. The molecule has 2 rings (SSSR count). The molecule has 0 saturated heterocycles. The molecule has 170 valence electrons. The maximum atomic E-state index is 12.9. The van der Waals surface area contributed by atoms with Crippen LogP contribution in [0, 0.1) is 5.41 Å². The lowest BCUT2D eigenvalue weighted by Crippen LogP contribution is -2.28. The number of carboxylic acid groups (broad SMARTS) is 1. The molecule has 0 heterocycles. The molecular weight excluding hydrogens is 434 g/mol. The third kappa shape index (κ3) is 7.63. The van der Waals surface area contributed by atoms with Crippen LogP contribution in [0.2, 0.25) is 5.02 Å². The van der Waals surface area contributed by atoms with Crippen molar-refractivity contribution >= 4 is 27.6 Å². The van der Waals surface area contributed by atoms with Gasteiger partial charge in [0, 0.05) is 11.1 Å². The zero-order chi connectivity index (χ0) is 23.1. The third-order valence-electron chi connectivity index (χ3n) is 5.52. The lowest BCUT2D eigenvalue weighted by Gasteiger charge is -2.21. The minimum Gasteiger partial charge on any atom is -0.481 e. The summed E-state index contributed by atoms with van der Waals surface area (Å²) in [5, 5.41) is 9.77. The molecule has 2 N–H and O–H groups in total. The van der Waals surface area contributed by atoms with Crippen molar-refractivity contribution in [3.8, 4) is 0 Å². The van der Waals surface area contributed by atoms with E-state index in [-0.39, 0.29) is 10.9 Å². The smallest absolute Gasteiger partial charge is 0.309 e. The van der Waals surface area contributed by atoms with Crippen LogP contribution in [0.4, 0.5) is 0 Å². The van der Waals surface area contributed by atoms with E-state index in [9.17, 15) is 18.3 Å². The monoisotopic (exact) mass is 465 g/mol. The van der Waals surface area contributed by atoms with Crippen molar-refractivity contribution < 1.29 is 18.3 Å². The molecule has 5 nitrogen and oxygen atoms in total. The van der Waals surface area contributed by atoms with Gasteiger partial charge in [-0.2, -0.15) is 0 Å². The molecule has 0 aliphatic rings. The molecule has 0 fully saturated rings. The highest BCUT2D eigenvalue weighted by atomic mass is 35.5. The van der Waals surface area contributed by atoms with Crippen LogP contribution in [0.5, 0.6) is 0 Å². The van der Waals surface area contributed by atoms with Crippen molar-refractivity contribution in [3.63, 3.8) is 0 Å². The number of carboxylic acids is 1. The number of unbranched alkanes of at least 4 members (excludes halogenated alkanes) is 2. The van der Waals surface area contributed by atoms with Crippen LogP contribution in [0.1, 0.15) is 70.0 Å². The van der Waals surface area contributed by atoms with Crippen LogP contribution in [0.25, 0.3) is 0 Å². The van der Waals surface area contributed by atoms with E-state index in [1.54, 1.807) is 26.0 Å². The van der Waals surface area contributed by atoms with Crippen molar-refractivity contribution in [2.24, 2.45) is 5.41 Å². The van der Waals surface area contributed by atoms with Crippen molar-refractivity contribution in [1.82, 2.24) is 4.72 Å². The van der Waals surface area contributed by atoms with Gasteiger partial charge >= 0.3 is 5.97 Å². The average molecular weight is 466 g/mol. The van der Waals surface area contributed by atoms with E-state index in [1.165, 1.54) is 12.1 Å². The molecule has 0 saturated carbocycles. The van der Waals surface area contributed by atoms with Gasteiger partial charge in [-0.05, 0) is 68.5 Å². The fraction of sp³-hybridized carbons (Fsp3) is 0.458. The third-order valence-corrected chi connectivity index (χ3v) is 7.26. The highest BCUT2D eigenvalue weighted by Gasteiger charge is 2.26. The van der Waals surface area contributed by atoms with E-state index in [0.717, 1.165) is 30.4 Å². The maximum absolute atomic E-state index is 12.9. The van der Waals surface area contributed by atoms with Gasteiger partial charge in [0.05, 0.1) is 10.3 Å². The molecule has 7 heteroatoms. The number of sulfonamides is 1. The average Bonchev–Trinajstić information content (AvgIpc) is 2.72. The molecule has 0 aliphatic heterocycles. The van der Waals surface area contributed by atoms with Crippen molar-refractivity contribution in [3.05, 3.63) is 64.7 Å². The van der Waals surface area contributed by atoms with Crippen molar-refractivity contribution in [2.45, 2.75) is 70.2 Å². The summed E-state index contributed by atoms with van der Waals surface area (Å²) in [5.41, 5.74) is 1.15. The van der Waals surface area contributed by atoms with Gasteiger partial charge in [0.15, 0.2) is 0 Å². The Hall–Kier alpha value is -1.89. The Balaban J connectivity index is 2.17. The first-order valence-electron chi connectivity index (χ1n) is 10.7. The number of hydrogen-bond acceptors (Lipinski definition) is 3. The molecule has 1 unspecified atom stereocenters. The molecule has 2 aromatic carbocycles. The lowest BCUT2D eigenvalue weighted by molar-refractivity contribution is -0.147. The molecule has 0 bridgehead atoms. The topological polar surface area (TPSA) is 83.5 Å². The molecular formula is C24H32ClNO4S. The second-order valence-electron chi connectivity index (χ2n) is 8.55. The van der Waals surface area contributed by atoms with Gasteiger partial charge in [-0.15, -0.1) is 0 Å². The van der Waals surface area contributed by atoms with Crippen LogP contribution >= 0.6 is 11.6 Å². The minimum absolute atomic E-state index is 0.185. The summed E-state index contributed by atoms with van der Waals surface area (Å²) < 4.78 is 28.6. The van der Waals surface area contributed by atoms with E-state index in [2.05, 4.69) is 11.6 Å². The first kappa shape index (κ1) is 25.4. The highest BCUT2D eigenvalue weighted by Crippen LogP contribution is 2.26. The SMILES string of the molecule is CCCCCC(NS(=O)(=O)c1ccc(Cl)cc1)c1ccc(CCC(C)(C)C(=O)O)cc1. The Morgan fingerprint density at radius 2 is 1.68 bits per heavy atom. The number of nitrogens with one attached hydrogen (secondary N) is 1. The van der Waals surface area contributed by atoms with Crippen LogP contribution in [0.15, 0.2) is 53.4 Å². The summed E-state index contributed by atoms with van der Waals surface area (Å²) in [6, 6.07) is 13.6. The van der Waals surface area contributed by atoms with Crippen LogP contribution in [0.3, 0.4) is 0 Å². The van der Waals surface area contributed by atoms with Gasteiger partial charge < -0.3 is 5.11 Å².